The first-order valence-corrected chi connectivity index (χ1v) is 11.2. The summed E-state index contributed by atoms with van der Waals surface area (Å²) in [6.07, 6.45) is 0. The molecule has 0 spiro atoms. The van der Waals surface area contributed by atoms with E-state index in [0.29, 0.717) is 17.8 Å². The van der Waals surface area contributed by atoms with Crippen LogP contribution in [0.1, 0.15) is 22.8 Å². The Morgan fingerprint density at radius 2 is 1.50 bits per heavy atom. The van der Waals surface area contributed by atoms with E-state index in [-0.39, 0.29) is 18.3 Å². The number of anilines is 1. The van der Waals surface area contributed by atoms with E-state index in [4.69, 9.17) is 10.9 Å². The third-order valence-electron chi connectivity index (χ3n) is 5.38. The van der Waals surface area contributed by atoms with E-state index in [0.717, 1.165) is 16.7 Å². The third-order valence-corrected chi connectivity index (χ3v) is 5.38. The van der Waals surface area contributed by atoms with Crippen molar-refractivity contribution in [2.24, 2.45) is 5.73 Å². The molecule has 0 aliphatic carbocycles. The van der Waals surface area contributed by atoms with E-state index in [1.54, 1.807) is 55.5 Å². The van der Waals surface area contributed by atoms with Gasteiger partial charge in [0.1, 0.15) is 11.9 Å². The lowest BCUT2D eigenvalue weighted by Crippen LogP contribution is -2.54. The van der Waals surface area contributed by atoms with Crippen LogP contribution in [0.3, 0.4) is 0 Å². The van der Waals surface area contributed by atoms with Crippen LogP contribution < -0.4 is 27.2 Å². The summed E-state index contributed by atoms with van der Waals surface area (Å²) in [6, 6.07) is 18.2. The highest BCUT2D eigenvalue weighted by Gasteiger charge is 2.24. The zero-order valence-electron chi connectivity index (χ0n) is 19.6. The molecular formula is C26H28FN5O4. The van der Waals surface area contributed by atoms with Gasteiger partial charge in [0.25, 0.3) is 11.8 Å². The average Bonchev–Trinajstić information content (AvgIpc) is 2.88. The molecule has 10 heteroatoms. The average molecular weight is 494 g/mol. The van der Waals surface area contributed by atoms with Crippen LogP contribution in [-0.2, 0) is 16.1 Å². The summed E-state index contributed by atoms with van der Waals surface area (Å²) < 4.78 is 12.9. The maximum Gasteiger partial charge on any atom is 0.267 e. The highest BCUT2D eigenvalue weighted by Crippen LogP contribution is 2.22. The summed E-state index contributed by atoms with van der Waals surface area (Å²) in [5.74, 6) is -1.81. The SMILES string of the molecule is C[C@@H](N)[C@H](NC(=O)c1ccc(-c2ccc(NC(=O)CNCc3ccc(F)cc3)cc2)cc1)C(=O)NO. The van der Waals surface area contributed by atoms with Crippen molar-refractivity contribution in [1.82, 2.24) is 16.1 Å². The molecule has 0 aliphatic rings. The highest BCUT2D eigenvalue weighted by molar-refractivity contribution is 5.98. The number of carbonyl (C=O) groups excluding carboxylic acids is 3. The first kappa shape index (κ1) is 26.5. The van der Waals surface area contributed by atoms with Crippen molar-refractivity contribution >= 4 is 23.4 Å². The minimum Gasteiger partial charge on any atom is -0.339 e. The van der Waals surface area contributed by atoms with Gasteiger partial charge in [0.2, 0.25) is 5.91 Å². The normalized spacial score (nSPS) is 12.3. The predicted octanol–water partition coefficient (Wildman–Crippen LogP) is 2.17. The Bertz CT molecular complexity index is 1180. The van der Waals surface area contributed by atoms with Crippen molar-refractivity contribution in [3.8, 4) is 11.1 Å². The fourth-order valence-electron chi connectivity index (χ4n) is 3.42. The maximum atomic E-state index is 12.9. The molecule has 0 saturated carbocycles. The van der Waals surface area contributed by atoms with Crippen LogP contribution in [0.5, 0.6) is 0 Å². The molecule has 0 bridgehead atoms. The summed E-state index contributed by atoms with van der Waals surface area (Å²) in [5, 5.41) is 17.1. The van der Waals surface area contributed by atoms with Crippen LogP contribution in [0.4, 0.5) is 10.1 Å². The maximum absolute atomic E-state index is 12.9. The molecule has 0 aromatic heterocycles. The van der Waals surface area contributed by atoms with Gasteiger partial charge in [0.05, 0.1) is 6.54 Å². The largest absolute Gasteiger partial charge is 0.339 e. The first-order valence-electron chi connectivity index (χ1n) is 11.2. The topological polar surface area (TPSA) is 146 Å². The minimum atomic E-state index is -1.08. The molecule has 3 rings (SSSR count). The van der Waals surface area contributed by atoms with Crippen LogP contribution in [0.15, 0.2) is 72.8 Å². The van der Waals surface area contributed by atoms with Gasteiger partial charge in [-0.3, -0.25) is 19.6 Å². The van der Waals surface area contributed by atoms with Gasteiger partial charge in [-0.15, -0.1) is 0 Å². The second kappa shape index (κ2) is 12.5. The third kappa shape index (κ3) is 7.44. The van der Waals surface area contributed by atoms with Crippen LogP contribution in [0, 0.1) is 5.82 Å². The Morgan fingerprint density at radius 1 is 0.917 bits per heavy atom. The molecule has 0 fully saturated rings. The molecule has 3 amide bonds. The Hall–Kier alpha value is -4.12. The van der Waals surface area contributed by atoms with Crippen molar-refractivity contribution in [3.63, 3.8) is 0 Å². The van der Waals surface area contributed by atoms with Crippen molar-refractivity contribution in [3.05, 3.63) is 89.7 Å². The molecule has 9 nitrogen and oxygen atoms in total. The number of benzene rings is 3. The van der Waals surface area contributed by atoms with Gasteiger partial charge >= 0.3 is 0 Å². The Morgan fingerprint density at radius 3 is 2.06 bits per heavy atom. The van der Waals surface area contributed by atoms with E-state index in [9.17, 15) is 18.8 Å². The molecule has 0 radical (unpaired) electrons. The number of nitrogens with one attached hydrogen (secondary N) is 4. The standard InChI is InChI=1S/C26H28FN5O4/c1-16(28)24(26(35)32-36)31-25(34)20-6-4-18(5-7-20)19-8-12-22(13-9-19)30-23(33)15-29-14-17-2-10-21(27)11-3-17/h2-13,16,24,29,36H,14-15,28H2,1H3,(H,30,33)(H,31,34)(H,32,35)/t16-,24+/m1/s1. The number of nitrogens with two attached hydrogens (primary N) is 1. The monoisotopic (exact) mass is 493 g/mol. The number of amides is 3. The molecule has 0 saturated heterocycles. The number of rotatable bonds is 10. The van der Waals surface area contributed by atoms with Gasteiger partial charge < -0.3 is 21.7 Å². The van der Waals surface area contributed by atoms with Crippen LogP contribution in [0.25, 0.3) is 11.1 Å². The zero-order chi connectivity index (χ0) is 26.1. The second-order valence-electron chi connectivity index (χ2n) is 8.22. The molecule has 3 aromatic rings. The highest BCUT2D eigenvalue weighted by atomic mass is 19.1. The quantitative estimate of drug-likeness (QED) is 0.189. The van der Waals surface area contributed by atoms with Crippen molar-refractivity contribution in [1.29, 1.82) is 0 Å². The van der Waals surface area contributed by atoms with Crippen LogP contribution in [0.2, 0.25) is 0 Å². The fraction of sp³-hybridized carbons (Fsp3) is 0.192. The van der Waals surface area contributed by atoms with Gasteiger partial charge in [0.15, 0.2) is 0 Å². The lowest BCUT2D eigenvalue weighted by Gasteiger charge is -2.20. The second-order valence-corrected chi connectivity index (χ2v) is 8.22. The summed E-state index contributed by atoms with van der Waals surface area (Å²) in [7, 11) is 0. The predicted molar refractivity (Wildman–Crippen MR) is 133 cm³/mol. The van der Waals surface area contributed by atoms with E-state index < -0.39 is 23.9 Å². The smallest absolute Gasteiger partial charge is 0.267 e. The Balaban J connectivity index is 1.52. The molecule has 188 valence electrons. The van der Waals surface area contributed by atoms with Gasteiger partial charge in [-0.25, -0.2) is 9.87 Å². The summed E-state index contributed by atoms with van der Waals surface area (Å²) in [5.41, 5.74) is 10.8. The molecular weight excluding hydrogens is 465 g/mol. The van der Waals surface area contributed by atoms with Gasteiger partial charge in [0, 0.05) is 23.8 Å². The molecule has 2 atom stereocenters. The number of hydrogen-bond donors (Lipinski definition) is 6. The molecule has 3 aromatic carbocycles. The summed E-state index contributed by atoms with van der Waals surface area (Å²) in [6.45, 7) is 2.09. The van der Waals surface area contributed by atoms with E-state index >= 15 is 0 Å². The van der Waals surface area contributed by atoms with Gasteiger partial charge in [-0.1, -0.05) is 36.4 Å². The summed E-state index contributed by atoms with van der Waals surface area (Å²) in [4.78, 5) is 36.3. The van der Waals surface area contributed by atoms with Gasteiger partial charge in [-0.05, 0) is 60.0 Å². The Kier molecular flexibility index (Phi) is 9.23. The van der Waals surface area contributed by atoms with Gasteiger partial charge in [-0.2, -0.15) is 0 Å². The minimum absolute atomic E-state index is 0.104. The summed E-state index contributed by atoms with van der Waals surface area (Å²) >= 11 is 0. The van der Waals surface area contributed by atoms with E-state index in [2.05, 4.69) is 16.0 Å². The molecule has 0 heterocycles. The number of hydrogen-bond acceptors (Lipinski definition) is 6. The molecule has 0 aliphatic heterocycles. The van der Waals surface area contributed by atoms with Crippen molar-refractivity contribution < 1.29 is 24.0 Å². The van der Waals surface area contributed by atoms with Crippen LogP contribution >= 0.6 is 0 Å². The molecule has 36 heavy (non-hydrogen) atoms. The first-order chi connectivity index (χ1) is 17.3. The molecule has 7 N–H and O–H groups in total. The zero-order valence-corrected chi connectivity index (χ0v) is 19.6. The number of carbonyl (C=O) groups is 3. The fourth-order valence-corrected chi connectivity index (χ4v) is 3.42. The number of halogens is 1. The van der Waals surface area contributed by atoms with E-state index in [1.807, 2.05) is 12.1 Å². The van der Waals surface area contributed by atoms with Crippen molar-refractivity contribution in [2.75, 3.05) is 11.9 Å². The lowest BCUT2D eigenvalue weighted by atomic mass is 10.0. The lowest BCUT2D eigenvalue weighted by molar-refractivity contribution is -0.131. The molecule has 0 unspecified atom stereocenters. The Labute approximate surface area is 207 Å². The van der Waals surface area contributed by atoms with Crippen molar-refractivity contribution in [2.45, 2.75) is 25.6 Å². The number of hydroxylamine groups is 1. The van der Waals surface area contributed by atoms with E-state index in [1.165, 1.54) is 17.6 Å². The van der Waals surface area contributed by atoms with Crippen LogP contribution in [-0.4, -0.2) is 41.6 Å².